The van der Waals surface area contributed by atoms with Crippen LogP contribution in [-0.4, -0.2) is 17.7 Å². The monoisotopic (exact) mass is 238 g/mol. The number of benzene rings is 1. The average Bonchev–Trinajstić information content (AvgIpc) is 2.25. The summed E-state index contributed by atoms with van der Waals surface area (Å²) in [6, 6.07) is 4.62. The van der Waals surface area contributed by atoms with Gasteiger partial charge in [-0.25, -0.2) is 4.79 Å². The zero-order chi connectivity index (χ0) is 13.1. The summed E-state index contributed by atoms with van der Waals surface area (Å²) in [4.78, 5) is 20.7. The highest BCUT2D eigenvalue weighted by molar-refractivity contribution is 5.89. The number of hydrogen-bond acceptors (Lipinski definition) is 4. The standard InChI is InChI=1S/C13H18O4/c1-5-16-17-12(15)9-6-7-11(14)10(8-9)13(2,3)4/h6-8,14H,5H2,1-4H3. The van der Waals surface area contributed by atoms with Gasteiger partial charge in [0.2, 0.25) is 0 Å². The van der Waals surface area contributed by atoms with E-state index in [1.165, 1.54) is 12.1 Å². The predicted molar refractivity (Wildman–Crippen MR) is 63.8 cm³/mol. The van der Waals surface area contributed by atoms with Crippen LogP contribution in [0.5, 0.6) is 5.75 Å². The van der Waals surface area contributed by atoms with E-state index in [9.17, 15) is 9.90 Å². The van der Waals surface area contributed by atoms with Crippen molar-refractivity contribution >= 4 is 5.97 Å². The molecule has 0 aliphatic heterocycles. The van der Waals surface area contributed by atoms with E-state index in [4.69, 9.17) is 0 Å². The molecule has 1 N–H and O–H groups in total. The summed E-state index contributed by atoms with van der Waals surface area (Å²) in [7, 11) is 0. The van der Waals surface area contributed by atoms with Crippen LogP contribution >= 0.6 is 0 Å². The molecule has 0 aliphatic carbocycles. The van der Waals surface area contributed by atoms with Crippen molar-refractivity contribution in [2.24, 2.45) is 0 Å². The summed E-state index contributed by atoms with van der Waals surface area (Å²) in [6.07, 6.45) is 0. The highest BCUT2D eigenvalue weighted by Gasteiger charge is 2.20. The largest absolute Gasteiger partial charge is 0.508 e. The molecule has 0 spiro atoms. The molecule has 0 aromatic heterocycles. The minimum absolute atomic E-state index is 0.172. The van der Waals surface area contributed by atoms with Gasteiger partial charge in [-0.2, -0.15) is 4.89 Å². The van der Waals surface area contributed by atoms with Gasteiger partial charge >= 0.3 is 5.97 Å². The van der Waals surface area contributed by atoms with Gasteiger partial charge in [0.15, 0.2) is 0 Å². The molecule has 94 valence electrons. The number of phenolic OH excluding ortho intramolecular Hbond substituents is 1. The Morgan fingerprint density at radius 1 is 1.35 bits per heavy atom. The van der Waals surface area contributed by atoms with E-state index >= 15 is 0 Å². The number of carbonyl (C=O) groups is 1. The van der Waals surface area contributed by atoms with Crippen molar-refractivity contribution in [2.75, 3.05) is 6.61 Å². The normalized spacial score (nSPS) is 11.3. The third-order valence-electron chi connectivity index (χ3n) is 2.29. The molecule has 17 heavy (non-hydrogen) atoms. The summed E-state index contributed by atoms with van der Waals surface area (Å²) in [5.41, 5.74) is 0.816. The Morgan fingerprint density at radius 3 is 2.53 bits per heavy atom. The smallest absolute Gasteiger partial charge is 0.373 e. The molecule has 0 bridgehead atoms. The lowest BCUT2D eigenvalue weighted by molar-refractivity contribution is -0.236. The Labute approximate surface area is 101 Å². The molecule has 1 aromatic carbocycles. The van der Waals surface area contributed by atoms with Gasteiger partial charge in [-0.05, 0) is 30.5 Å². The van der Waals surface area contributed by atoms with Crippen LogP contribution in [-0.2, 0) is 15.2 Å². The van der Waals surface area contributed by atoms with Crippen LogP contribution in [0.2, 0.25) is 0 Å². The Balaban J connectivity index is 3.00. The summed E-state index contributed by atoms with van der Waals surface area (Å²) in [5.74, 6) is -0.386. The molecule has 1 aromatic rings. The molecule has 0 aliphatic rings. The Bertz CT molecular complexity index is 404. The number of phenols is 1. The SMILES string of the molecule is CCOOC(=O)c1ccc(O)c(C(C)(C)C)c1. The molecular formula is C13H18O4. The molecule has 4 nitrogen and oxygen atoms in total. The summed E-state index contributed by atoms with van der Waals surface area (Å²) in [6.45, 7) is 7.90. The van der Waals surface area contributed by atoms with Crippen molar-refractivity contribution in [3.8, 4) is 5.75 Å². The molecule has 0 radical (unpaired) electrons. The van der Waals surface area contributed by atoms with Crippen LogP contribution in [0.25, 0.3) is 0 Å². The first-order valence-corrected chi connectivity index (χ1v) is 5.53. The maximum Gasteiger partial charge on any atom is 0.373 e. The third kappa shape index (κ3) is 3.46. The Morgan fingerprint density at radius 2 is 2.00 bits per heavy atom. The lowest BCUT2D eigenvalue weighted by atomic mass is 9.85. The van der Waals surface area contributed by atoms with Crippen molar-refractivity contribution in [1.29, 1.82) is 0 Å². The van der Waals surface area contributed by atoms with Crippen LogP contribution < -0.4 is 0 Å². The van der Waals surface area contributed by atoms with Crippen LogP contribution in [0, 0.1) is 0 Å². The van der Waals surface area contributed by atoms with Crippen molar-refractivity contribution in [3.63, 3.8) is 0 Å². The van der Waals surface area contributed by atoms with Crippen molar-refractivity contribution in [1.82, 2.24) is 0 Å². The fourth-order valence-electron chi connectivity index (χ4n) is 1.42. The van der Waals surface area contributed by atoms with E-state index in [0.717, 1.165) is 0 Å². The Hall–Kier alpha value is -1.55. The van der Waals surface area contributed by atoms with E-state index < -0.39 is 5.97 Å². The average molecular weight is 238 g/mol. The van der Waals surface area contributed by atoms with E-state index in [0.29, 0.717) is 17.7 Å². The van der Waals surface area contributed by atoms with Gasteiger partial charge in [-0.3, -0.25) is 4.89 Å². The minimum Gasteiger partial charge on any atom is -0.508 e. The van der Waals surface area contributed by atoms with Gasteiger partial charge in [0.05, 0.1) is 12.2 Å². The maximum absolute atomic E-state index is 11.6. The summed E-state index contributed by atoms with van der Waals surface area (Å²) in [5, 5.41) is 9.75. The number of carbonyl (C=O) groups excluding carboxylic acids is 1. The predicted octanol–water partition coefficient (Wildman–Crippen LogP) is 2.80. The van der Waals surface area contributed by atoms with Crippen LogP contribution in [0.3, 0.4) is 0 Å². The lowest BCUT2D eigenvalue weighted by Crippen LogP contribution is -2.13. The first kappa shape index (κ1) is 13.5. The molecule has 0 fully saturated rings. The molecule has 0 amide bonds. The molecule has 0 heterocycles. The van der Waals surface area contributed by atoms with Gasteiger partial charge in [0, 0.05) is 5.56 Å². The highest BCUT2D eigenvalue weighted by atomic mass is 17.2. The van der Waals surface area contributed by atoms with E-state index in [1.54, 1.807) is 13.0 Å². The van der Waals surface area contributed by atoms with E-state index in [1.807, 2.05) is 20.8 Å². The fraction of sp³-hybridized carbons (Fsp3) is 0.462. The molecule has 1 rings (SSSR count). The lowest BCUT2D eigenvalue weighted by Gasteiger charge is -2.20. The first-order chi connectivity index (χ1) is 7.86. The van der Waals surface area contributed by atoms with E-state index in [-0.39, 0.29) is 11.2 Å². The van der Waals surface area contributed by atoms with Gasteiger partial charge in [0.25, 0.3) is 0 Å². The zero-order valence-electron chi connectivity index (χ0n) is 10.6. The maximum atomic E-state index is 11.6. The van der Waals surface area contributed by atoms with Gasteiger partial charge in [-0.15, -0.1) is 0 Å². The van der Waals surface area contributed by atoms with Crippen molar-refractivity contribution in [3.05, 3.63) is 29.3 Å². The van der Waals surface area contributed by atoms with Gasteiger partial charge in [0.1, 0.15) is 5.75 Å². The minimum atomic E-state index is -0.558. The van der Waals surface area contributed by atoms with E-state index in [2.05, 4.69) is 9.78 Å². The fourth-order valence-corrected chi connectivity index (χ4v) is 1.42. The summed E-state index contributed by atoms with van der Waals surface area (Å²) < 4.78 is 0. The second kappa shape index (κ2) is 5.19. The second-order valence-corrected chi connectivity index (χ2v) is 4.76. The third-order valence-corrected chi connectivity index (χ3v) is 2.29. The quantitative estimate of drug-likeness (QED) is 0.650. The van der Waals surface area contributed by atoms with Crippen molar-refractivity contribution in [2.45, 2.75) is 33.1 Å². The molecule has 0 saturated carbocycles. The number of rotatable bonds is 3. The zero-order valence-corrected chi connectivity index (χ0v) is 10.6. The molecule has 4 heteroatoms. The van der Waals surface area contributed by atoms with Crippen molar-refractivity contribution < 1.29 is 19.7 Å². The van der Waals surface area contributed by atoms with Crippen LogP contribution in [0.4, 0.5) is 0 Å². The molecule has 0 atom stereocenters. The molecule has 0 unspecified atom stereocenters. The van der Waals surface area contributed by atoms with Gasteiger partial charge < -0.3 is 5.11 Å². The van der Waals surface area contributed by atoms with Crippen LogP contribution in [0.1, 0.15) is 43.6 Å². The topological polar surface area (TPSA) is 55.8 Å². The van der Waals surface area contributed by atoms with Crippen LogP contribution in [0.15, 0.2) is 18.2 Å². The highest BCUT2D eigenvalue weighted by Crippen LogP contribution is 2.31. The Kier molecular flexibility index (Phi) is 4.12. The molecule has 0 saturated heterocycles. The van der Waals surface area contributed by atoms with Gasteiger partial charge in [-0.1, -0.05) is 20.8 Å². The second-order valence-electron chi connectivity index (χ2n) is 4.76. The summed E-state index contributed by atoms with van der Waals surface area (Å²) >= 11 is 0. The first-order valence-electron chi connectivity index (χ1n) is 5.53. The molecular weight excluding hydrogens is 220 g/mol. The number of hydrogen-bond donors (Lipinski definition) is 1. The number of aromatic hydroxyl groups is 1.